The summed E-state index contributed by atoms with van der Waals surface area (Å²) in [5.41, 5.74) is 7.01. The van der Waals surface area contributed by atoms with Crippen LogP contribution in [0.25, 0.3) is 0 Å². The molecule has 0 aliphatic carbocycles. The molecule has 0 aromatic heterocycles. The van der Waals surface area contributed by atoms with Crippen molar-refractivity contribution in [3.05, 3.63) is 48.6 Å². The van der Waals surface area contributed by atoms with Gasteiger partial charge in [0.15, 0.2) is 0 Å². The van der Waals surface area contributed by atoms with E-state index in [9.17, 15) is 0 Å². The molecule has 11 heavy (non-hydrogen) atoms. The summed E-state index contributed by atoms with van der Waals surface area (Å²) in [6.07, 6.45) is 2.68. The van der Waals surface area contributed by atoms with Gasteiger partial charge in [-0.1, -0.05) is 36.4 Å². The zero-order chi connectivity index (χ0) is 8.10. The molecule has 0 spiro atoms. The summed E-state index contributed by atoms with van der Waals surface area (Å²) >= 11 is 0. The topological polar surface area (TPSA) is 26.0 Å². The molecule has 0 unspecified atom stereocenters. The molecule has 0 saturated heterocycles. The maximum absolute atomic E-state index is 5.83. The van der Waals surface area contributed by atoms with Gasteiger partial charge in [-0.3, -0.25) is 0 Å². The molecule has 58 valence electrons. The van der Waals surface area contributed by atoms with E-state index in [4.69, 9.17) is 5.73 Å². The molecule has 0 radical (unpaired) electrons. The second kappa shape index (κ2) is 3.94. The first kappa shape index (κ1) is 8.02. The van der Waals surface area contributed by atoms with Crippen molar-refractivity contribution in [1.29, 1.82) is 0 Å². The third kappa shape index (κ3) is 2.20. The predicted octanol–water partition coefficient (Wildman–Crippen LogP) is 2.26. The van der Waals surface area contributed by atoms with Gasteiger partial charge < -0.3 is 5.73 Å². The summed E-state index contributed by atoms with van der Waals surface area (Å²) in [7, 11) is 0. The average Bonchev–Trinajstić information content (AvgIpc) is 2.07. The second-order valence-electron chi connectivity index (χ2n) is 2.54. The van der Waals surface area contributed by atoms with Gasteiger partial charge >= 0.3 is 0 Å². The Morgan fingerprint density at radius 3 is 2.55 bits per heavy atom. The Kier molecular flexibility index (Phi) is 2.87. The van der Waals surface area contributed by atoms with E-state index in [0.29, 0.717) is 0 Å². The van der Waals surface area contributed by atoms with Gasteiger partial charge in [0.2, 0.25) is 0 Å². The van der Waals surface area contributed by atoms with Crippen LogP contribution in [0, 0.1) is 0 Å². The van der Waals surface area contributed by atoms with Gasteiger partial charge in [-0.25, -0.2) is 0 Å². The van der Waals surface area contributed by atoms with E-state index in [1.807, 2.05) is 36.4 Å². The molecule has 1 atom stereocenters. The molecular weight excluding hydrogens is 134 g/mol. The molecule has 0 saturated carbocycles. The molecule has 0 fully saturated rings. The fourth-order valence-electron chi connectivity index (χ4n) is 1.02. The standard InChI is InChI=1S/C10H13N/c1-2-6-10(11)9-7-4-3-5-8-9/h2-5,7-8,10H,1,6,11H2/t10-/m1/s1. The van der Waals surface area contributed by atoms with Gasteiger partial charge in [0, 0.05) is 6.04 Å². The van der Waals surface area contributed by atoms with Crippen molar-refractivity contribution in [2.45, 2.75) is 12.5 Å². The molecule has 1 nitrogen and oxygen atoms in total. The highest BCUT2D eigenvalue weighted by atomic mass is 14.6. The number of rotatable bonds is 3. The third-order valence-corrected chi connectivity index (χ3v) is 1.65. The number of nitrogens with two attached hydrogens (primary N) is 1. The summed E-state index contributed by atoms with van der Waals surface area (Å²) in [5, 5.41) is 0. The average molecular weight is 147 g/mol. The van der Waals surface area contributed by atoms with Gasteiger partial charge in [-0.05, 0) is 12.0 Å². The smallest absolute Gasteiger partial charge is 0.0329 e. The molecule has 2 N–H and O–H groups in total. The molecule has 0 bridgehead atoms. The van der Waals surface area contributed by atoms with E-state index >= 15 is 0 Å². The first-order valence-electron chi connectivity index (χ1n) is 3.76. The second-order valence-corrected chi connectivity index (χ2v) is 2.54. The molecule has 0 aliphatic heterocycles. The largest absolute Gasteiger partial charge is 0.324 e. The van der Waals surface area contributed by atoms with Crippen molar-refractivity contribution in [1.82, 2.24) is 0 Å². The van der Waals surface area contributed by atoms with Crippen LogP contribution in [0.15, 0.2) is 43.0 Å². The zero-order valence-corrected chi connectivity index (χ0v) is 6.53. The first-order valence-corrected chi connectivity index (χ1v) is 3.76. The number of benzene rings is 1. The first-order chi connectivity index (χ1) is 5.34. The molecule has 0 heterocycles. The Labute approximate surface area is 67.5 Å². The molecule has 0 aliphatic rings. The van der Waals surface area contributed by atoms with Crippen molar-refractivity contribution in [3.63, 3.8) is 0 Å². The van der Waals surface area contributed by atoms with Crippen LogP contribution in [0.4, 0.5) is 0 Å². The zero-order valence-electron chi connectivity index (χ0n) is 6.53. The van der Waals surface area contributed by atoms with Gasteiger partial charge in [0.25, 0.3) is 0 Å². The monoisotopic (exact) mass is 147 g/mol. The maximum Gasteiger partial charge on any atom is 0.0329 e. The van der Waals surface area contributed by atoms with Crippen molar-refractivity contribution in [3.8, 4) is 0 Å². The van der Waals surface area contributed by atoms with Gasteiger partial charge in [-0.2, -0.15) is 0 Å². The lowest BCUT2D eigenvalue weighted by atomic mass is 10.1. The van der Waals surface area contributed by atoms with Gasteiger partial charge in [0.05, 0.1) is 0 Å². The quantitative estimate of drug-likeness (QED) is 0.652. The highest BCUT2D eigenvalue weighted by Gasteiger charge is 2.00. The summed E-state index contributed by atoms with van der Waals surface area (Å²) in [6, 6.07) is 10.2. The highest BCUT2D eigenvalue weighted by Crippen LogP contribution is 2.12. The van der Waals surface area contributed by atoms with E-state index in [0.717, 1.165) is 6.42 Å². The van der Waals surface area contributed by atoms with Crippen molar-refractivity contribution < 1.29 is 0 Å². The summed E-state index contributed by atoms with van der Waals surface area (Å²) < 4.78 is 0. The summed E-state index contributed by atoms with van der Waals surface area (Å²) in [4.78, 5) is 0. The minimum atomic E-state index is 0.105. The lowest BCUT2D eigenvalue weighted by Crippen LogP contribution is -2.08. The van der Waals surface area contributed by atoms with E-state index < -0.39 is 0 Å². The maximum atomic E-state index is 5.83. The highest BCUT2D eigenvalue weighted by molar-refractivity contribution is 5.18. The van der Waals surface area contributed by atoms with Crippen LogP contribution < -0.4 is 5.73 Å². The summed E-state index contributed by atoms with van der Waals surface area (Å²) in [6.45, 7) is 3.65. The minimum Gasteiger partial charge on any atom is -0.324 e. The van der Waals surface area contributed by atoms with E-state index in [1.54, 1.807) is 0 Å². The Balaban J connectivity index is 2.68. The van der Waals surface area contributed by atoms with Crippen LogP contribution in [-0.4, -0.2) is 0 Å². The Hall–Kier alpha value is -1.08. The van der Waals surface area contributed by atoms with Crippen LogP contribution in [0.2, 0.25) is 0 Å². The van der Waals surface area contributed by atoms with Gasteiger partial charge in [0.1, 0.15) is 0 Å². The van der Waals surface area contributed by atoms with Crippen LogP contribution >= 0.6 is 0 Å². The van der Waals surface area contributed by atoms with Crippen molar-refractivity contribution in [2.75, 3.05) is 0 Å². The molecule has 1 aromatic carbocycles. The molecule has 0 amide bonds. The SMILES string of the molecule is C=CC[C@@H](N)c1ccccc1. The van der Waals surface area contributed by atoms with Crippen LogP contribution in [-0.2, 0) is 0 Å². The van der Waals surface area contributed by atoms with Crippen molar-refractivity contribution in [2.24, 2.45) is 5.73 Å². The lowest BCUT2D eigenvalue weighted by Gasteiger charge is -2.07. The third-order valence-electron chi connectivity index (χ3n) is 1.65. The normalized spacial score (nSPS) is 12.5. The molecule has 1 aromatic rings. The molecule has 1 rings (SSSR count). The Bertz CT molecular complexity index is 216. The van der Waals surface area contributed by atoms with Crippen LogP contribution in [0.5, 0.6) is 0 Å². The molecular formula is C10H13N. The Morgan fingerprint density at radius 2 is 2.00 bits per heavy atom. The van der Waals surface area contributed by atoms with E-state index in [2.05, 4.69) is 6.58 Å². The predicted molar refractivity (Wildman–Crippen MR) is 48.2 cm³/mol. The minimum absolute atomic E-state index is 0.105. The van der Waals surface area contributed by atoms with Crippen LogP contribution in [0.3, 0.4) is 0 Å². The lowest BCUT2D eigenvalue weighted by molar-refractivity contribution is 0.742. The number of hydrogen-bond donors (Lipinski definition) is 1. The van der Waals surface area contributed by atoms with Crippen molar-refractivity contribution >= 4 is 0 Å². The van der Waals surface area contributed by atoms with E-state index in [1.165, 1.54) is 5.56 Å². The Morgan fingerprint density at radius 1 is 1.36 bits per heavy atom. The van der Waals surface area contributed by atoms with Gasteiger partial charge in [-0.15, -0.1) is 6.58 Å². The fraction of sp³-hybridized carbons (Fsp3) is 0.200. The fourth-order valence-corrected chi connectivity index (χ4v) is 1.02. The van der Waals surface area contributed by atoms with E-state index in [-0.39, 0.29) is 6.04 Å². The number of hydrogen-bond acceptors (Lipinski definition) is 1. The molecule has 1 heteroatoms. The van der Waals surface area contributed by atoms with Crippen LogP contribution in [0.1, 0.15) is 18.0 Å². The summed E-state index contributed by atoms with van der Waals surface area (Å²) in [5.74, 6) is 0.